The summed E-state index contributed by atoms with van der Waals surface area (Å²) in [6.45, 7) is 13.2. The second-order valence-corrected chi connectivity index (χ2v) is 12.0. The molecule has 4 heteroatoms. The molecule has 0 amide bonds. The number of nitrogens with zero attached hydrogens (tertiary/aromatic N) is 2. The maximum absolute atomic E-state index is 13.9. The fraction of sp³-hybridized carbons (Fsp3) is 0.417. The number of benzene rings is 3. The highest BCUT2D eigenvalue weighted by Crippen LogP contribution is 2.36. The summed E-state index contributed by atoms with van der Waals surface area (Å²) >= 11 is 0. The van der Waals surface area contributed by atoms with Crippen molar-refractivity contribution in [1.29, 1.82) is 5.41 Å². The van der Waals surface area contributed by atoms with Gasteiger partial charge in [0.15, 0.2) is 0 Å². The number of allylic oxidation sites excluding steroid dienone is 2. The number of likely N-dealkylation sites (tertiary alicyclic amines) is 1. The predicted molar refractivity (Wildman–Crippen MR) is 167 cm³/mol. The lowest BCUT2D eigenvalue weighted by Gasteiger charge is -2.41. The quantitative estimate of drug-likeness (QED) is 0.263. The maximum atomic E-state index is 13.9. The Kier molecular flexibility index (Phi) is 8.85. The van der Waals surface area contributed by atoms with Gasteiger partial charge in [-0.3, -0.25) is 10.3 Å². The van der Waals surface area contributed by atoms with E-state index in [1.165, 1.54) is 61.2 Å². The van der Waals surface area contributed by atoms with Crippen molar-refractivity contribution in [1.82, 2.24) is 4.90 Å². The zero-order valence-corrected chi connectivity index (χ0v) is 24.6. The smallest absolute Gasteiger partial charge is 0.123 e. The Morgan fingerprint density at radius 2 is 1.75 bits per heavy atom. The minimum absolute atomic E-state index is 0.310. The molecule has 3 nitrogen and oxygen atoms in total. The van der Waals surface area contributed by atoms with E-state index in [-0.39, 0.29) is 5.82 Å². The molecule has 0 spiro atoms. The third kappa shape index (κ3) is 6.55. The van der Waals surface area contributed by atoms with Crippen LogP contribution in [-0.2, 0) is 6.54 Å². The topological polar surface area (TPSA) is 30.3 Å². The van der Waals surface area contributed by atoms with Crippen molar-refractivity contribution >= 4 is 17.0 Å². The molecule has 3 aromatic rings. The van der Waals surface area contributed by atoms with E-state index >= 15 is 0 Å². The number of nitrogens with one attached hydrogen (secondary N) is 1. The Morgan fingerprint density at radius 3 is 2.42 bits per heavy atom. The van der Waals surface area contributed by atoms with Crippen LogP contribution in [0.3, 0.4) is 0 Å². The van der Waals surface area contributed by atoms with Gasteiger partial charge in [-0.2, -0.15) is 0 Å². The van der Waals surface area contributed by atoms with Gasteiger partial charge in [-0.05, 0) is 125 Å². The van der Waals surface area contributed by atoms with Gasteiger partial charge in [0.25, 0.3) is 0 Å². The highest BCUT2D eigenvalue weighted by atomic mass is 19.1. The molecular formula is C36H44FN3. The van der Waals surface area contributed by atoms with E-state index in [1.54, 1.807) is 6.07 Å². The first-order chi connectivity index (χ1) is 19.3. The van der Waals surface area contributed by atoms with Gasteiger partial charge in [0.1, 0.15) is 5.82 Å². The molecule has 2 aliphatic rings. The molecule has 2 fully saturated rings. The van der Waals surface area contributed by atoms with Gasteiger partial charge in [0.2, 0.25) is 0 Å². The highest BCUT2D eigenvalue weighted by Gasteiger charge is 2.32. The molecule has 1 saturated heterocycles. The molecule has 0 radical (unpaired) electrons. The van der Waals surface area contributed by atoms with Crippen LogP contribution in [0.5, 0.6) is 0 Å². The SMILES string of the molecule is C/C=C(\C)c1cc(CN2CCC(C(C)N(CC3CC3)c3ccccc3C)CC2)ccc1C(=N)c1cccc(F)c1. The lowest BCUT2D eigenvalue weighted by Crippen LogP contribution is -2.45. The largest absolute Gasteiger partial charge is 0.368 e. The summed E-state index contributed by atoms with van der Waals surface area (Å²) in [5.74, 6) is 1.25. The summed E-state index contributed by atoms with van der Waals surface area (Å²) < 4.78 is 13.9. The van der Waals surface area contributed by atoms with Crippen molar-refractivity contribution in [2.24, 2.45) is 11.8 Å². The molecule has 40 heavy (non-hydrogen) atoms. The van der Waals surface area contributed by atoms with Crippen LogP contribution in [0.1, 0.15) is 74.3 Å². The lowest BCUT2D eigenvalue weighted by atomic mass is 9.88. The molecule has 1 N–H and O–H groups in total. The summed E-state index contributed by atoms with van der Waals surface area (Å²) in [5, 5.41) is 8.81. The average Bonchev–Trinajstić information content (AvgIpc) is 3.80. The van der Waals surface area contributed by atoms with Crippen LogP contribution in [0.25, 0.3) is 5.57 Å². The Balaban J connectivity index is 1.26. The molecular weight excluding hydrogens is 493 g/mol. The first-order valence-electron chi connectivity index (χ1n) is 15.0. The zero-order chi connectivity index (χ0) is 28.2. The third-order valence-electron chi connectivity index (χ3n) is 9.11. The number of para-hydroxylation sites is 1. The number of hydrogen-bond acceptors (Lipinski definition) is 3. The lowest BCUT2D eigenvalue weighted by molar-refractivity contribution is 0.163. The highest BCUT2D eigenvalue weighted by molar-refractivity contribution is 6.13. The van der Waals surface area contributed by atoms with Crippen LogP contribution in [-0.4, -0.2) is 36.3 Å². The van der Waals surface area contributed by atoms with Crippen molar-refractivity contribution < 1.29 is 4.39 Å². The molecule has 1 aliphatic heterocycles. The summed E-state index contributed by atoms with van der Waals surface area (Å²) in [5.41, 5.74) is 8.09. The summed E-state index contributed by atoms with van der Waals surface area (Å²) in [7, 11) is 0. The molecule has 1 heterocycles. The van der Waals surface area contributed by atoms with Crippen LogP contribution in [0.4, 0.5) is 10.1 Å². The van der Waals surface area contributed by atoms with Crippen LogP contribution in [0, 0.1) is 30.0 Å². The number of anilines is 1. The molecule has 1 atom stereocenters. The second-order valence-electron chi connectivity index (χ2n) is 12.0. The number of piperidine rings is 1. The first kappa shape index (κ1) is 28.3. The van der Waals surface area contributed by atoms with Gasteiger partial charge < -0.3 is 4.90 Å². The monoisotopic (exact) mass is 537 g/mol. The van der Waals surface area contributed by atoms with Gasteiger partial charge in [-0.25, -0.2) is 4.39 Å². The summed E-state index contributed by atoms with van der Waals surface area (Å²) in [6.07, 6.45) is 7.29. The van der Waals surface area contributed by atoms with E-state index in [4.69, 9.17) is 5.41 Å². The van der Waals surface area contributed by atoms with Gasteiger partial charge in [-0.15, -0.1) is 0 Å². The number of halogens is 1. The molecule has 0 bridgehead atoms. The van der Waals surface area contributed by atoms with Crippen LogP contribution in [0.15, 0.2) is 72.8 Å². The van der Waals surface area contributed by atoms with E-state index in [0.29, 0.717) is 23.2 Å². The van der Waals surface area contributed by atoms with Gasteiger partial charge >= 0.3 is 0 Å². The molecule has 1 aliphatic carbocycles. The predicted octanol–water partition coefficient (Wildman–Crippen LogP) is 8.49. The Labute approximate surface area is 240 Å². The van der Waals surface area contributed by atoms with Crippen molar-refractivity contribution in [3.8, 4) is 0 Å². The van der Waals surface area contributed by atoms with Crippen LogP contribution < -0.4 is 4.90 Å². The maximum Gasteiger partial charge on any atom is 0.123 e. The molecule has 0 aromatic heterocycles. The number of rotatable bonds is 10. The Hall–Kier alpha value is -3.24. The van der Waals surface area contributed by atoms with E-state index in [1.807, 2.05) is 13.0 Å². The normalized spacial score (nSPS) is 17.6. The minimum atomic E-state index is -0.310. The molecule has 5 rings (SSSR count). The van der Waals surface area contributed by atoms with E-state index < -0.39 is 0 Å². The zero-order valence-electron chi connectivity index (χ0n) is 24.6. The molecule has 1 saturated carbocycles. The summed E-state index contributed by atoms with van der Waals surface area (Å²) in [4.78, 5) is 5.30. The number of aryl methyl sites for hydroxylation is 1. The van der Waals surface area contributed by atoms with E-state index in [9.17, 15) is 4.39 Å². The second kappa shape index (κ2) is 12.5. The van der Waals surface area contributed by atoms with Gasteiger partial charge in [0.05, 0.1) is 5.71 Å². The first-order valence-corrected chi connectivity index (χ1v) is 15.0. The summed E-state index contributed by atoms with van der Waals surface area (Å²) in [6, 6.07) is 22.2. The van der Waals surface area contributed by atoms with Gasteiger partial charge in [0, 0.05) is 35.9 Å². The van der Waals surface area contributed by atoms with E-state index in [0.717, 1.165) is 42.3 Å². The van der Waals surface area contributed by atoms with Crippen molar-refractivity contribution in [2.45, 2.75) is 66.0 Å². The number of hydrogen-bond donors (Lipinski definition) is 1. The third-order valence-corrected chi connectivity index (χ3v) is 9.11. The van der Waals surface area contributed by atoms with Crippen molar-refractivity contribution in [2.75, 3.05) is 24.5 Å². The minimum Gasteiger partial charge on any atom is -0.368 e. The molecule has 3 aromatic carbocycles. The van der Waals surface area contributed by atoms with Crippen molar-refractivity contribution in [3.63, 3.8) is 0 Å². The fourth-order valence-electron chi connectivity index (χ4n) is 6.24. The Morgan fingerprint density at radius 1 is 1.00 bits per heavy atom. The average molecular weight is 538 g/mol. The Bertz CT molecular complexity index is 1360. The van der Waals surface area contributed by atoms with Crippen LogP contribution in [0.2, 0.25) is 0 Å². The standard InChI is InChI=1S/C36H44FN3/c1-5-25(2)34-21-29(15-16-33(34)36(38)31-10-8-11-32(37)22-31)23-39-19-17-30(18-20-39)27(4)40(24-28-13-14-28)35-12-7-6-9-26(35)3/h5-12,15-16,21-22,27-28,30,38H,13-14,17-20,23-24H2,1-4H3/b25-5+,38-36?. The molecule has 210 valence electrons. The van der Waals surface area contributed by atoms with E-state index in [2.05, 4.69) is 79.1 Å². The van der Waals surface area contributed by atoms with Gasteiger partial charge in [-0.1, -0.05) is 48.5 Å². The molecule has 1 unspecified atom stereocenters. The van der Waals surface area contributed by atoms with Crippen molar-refractivity contribution in [3.05, 3.63) is 106 Å². The fourth-order valence-corrected chi connectivity index (χ4v) is 6.24. The van der Waals surface area contributed by atoms with Crippen LogP contribution >= 0.6 is 0 Å².